The molecule has 2 aliphatic rings. The van der Waals surface area contributed by atoms with Crippen molar-refractivity contribution in [1.82, 2.24) is 10.2 Å². The fraction of sp³-hybridized carbons (Fsp3) is 0.412. The van der Waals surface area contributed by atoms with Crippen molar-refractivity contribution in [1.29, 1.82) is 0 Å². The summed E-state index contributed by atoms with van der Waals surface area (Å²) in [7, 11) is 0. The average molecular weight is 487 g/mol. The molecule has 0 radical (unpaired) electrons. The van der Waals surface area contributed by atoms with Gasteiger partial charge < -0.3 is 0 Å². The second kappa shape index (κ2) is 7.87. The summed E-state index contributed by atoms with van der Waals surface area (Å²) in [6.07, 6.45) is 1.61. The van der Waals surface area contributed by atoms with Gasteiger partial charge in [-0.1, -0.05) is 34.7 Å². The highest BCUT2D eigenvalue weighted by atomic mass is 127. The van der Waals surface area contributed by atoms with Crippen molar-refractivity contribution >= 4 is 57.9 Å². The Labute approximate surface area is 167 Å². The van der Waals surface area contributed by atoms with E-state index in [0.717, 1.165) is 15.7 Å². The van der Waals surface area contributed by atoms with Crippen molar-refractivity contribution in [2.24, 2.45) is 0 Å². The summed E-state index contributed by atoms with van der Waals surface area (Å²) >= 11 is 2.64. The first-order valence-electron chi connectivity index (χ1n) is 8.18. The van der Waals surface area contributed by atoms with Crippen LogP contribution in [0.1, 0.15) is 57.2 Å². The summed E-state index contributed by atoms with van der Waals surface area (Å²) in [5, 5.41) is 1.74. The highest BCUT2D eigenvalue weighted by Crippen LogP contribution is 2.34. The molecule has 0 spiro atoms. The number of carbonyl (C=O) groups excluding carboxylic acids is 4. The van der Waals surface area contributed by atoms with Crippen molar-refractivity contribution in [2.75, 3.05) is 4.43 Å². The second-order valence-corrected chi connectivity index (χ2v) is 7.97. The van der Waals surface area contributed by atoms with E-state index in [9.17, 15) is 23.4 Å². The molecule has 2 heterocycles. The van der Waals surface area contributed by atoms with Crippen LogP contribution in [-0.4, -0.2) is 39.0 Å². The van der Waals surface area contributed by atoms with E-state index in [1.54, 1.807) is 12.1 Å². The highest BCUT2D eigenvalue weighted by molar-refractivity contribution is 14.1. The molecule has 4 amide bonds. The molecule has 1 aromatic carbocycles. The van der Waals surface area contributed by atoms with Gasteiger partial charge in [0, 0.05) is 22.6 Å². The zero-order chi connectivity index (χ0) is 18.8. The van der Waals surface area contributed by atoms with Crippen LogP contribution in [0.2, 0.25) is 0 Å². The Morgan fingerprint density at radius 2 is 2.00 bits per heavy atom. The van der Waals surface area contributed by atoms with Crippen molar-refractivity contribution in [2.45, 2.75) is 37.0 Å². The number of benzene rings is 1. The predicted octanol–water partition coefficient (Wildman–Crippen LogP) is 1.77. The molecule has 1 aromatic rings. The van der Waals surface area contributed by atoms with Gasteiger partial charge in [0.15, 0.2) is 0 Å². The normalized spacial score (nSPS) is 20.8. The number of carbonyl (C=O) groups is 4. The van der Waals surface area contributed by atoms with Gasteiger partial charge in [0.25, 0.3) is 17.1 Å². The number of amides is 4. The Balaban J connectivity index is 1.97. The van der Waals surface area contributed by atoms with Crippen LogP contribution >= 0.6 is 22.6 Å². The van der Waals surface area contributed by atoms with Gasteiger partial charge in [-0.2, -0.15) is 0 Å². The molecule has 1 fully saturated rings. The van der Waals surface area contributed by atoms with E-state index in [2.05, 4.69) is 27.9 Å². The molecule has 0 aliphatic carbocycles. The molecule has 26 heavy (non-hydrogen) atoms. The number of piperidine rings is 1. The molecule has 3 rings (SSSR count). The minimum atomic E-state index is -0.999. The molecule has 0 saturated carbocycles. The summed E-state index contributed by atoms with van der Waals surface area (Å²) < 4.78 is 12.5. The van der Waals surface area contributed by atoms with Crippen LogP contribution < -0.4 is 5.32 Å². The molecule has 1 saturated heterocycles. The lowest BCUT2D eigenvalue weighted by Gasteiger charge is -2.27. The molecule has 9 heteroatoms. The molecule has 1 N–H and O–H groups in total. The van der Waals surface area contributed by atoms with E-state index in [4.69, 9.17) is 0 Å². The van der Waals surface area contributed by atoms with Crippen LogP contribution in [0.5, 0.6) is 0 Å². The third-order valence-corrected chi connectivity index (χ3v) is 6.05. The summed E-state index contributed by atoms with van der Waals surface area (Å²) in [5.41, 5.74) is 0.968. The van der Waals surface area contributed by atoms with Crippen LogP contribution in [0.4, 0.5) is 0 Å². The van der Waals surface area contributed by atoms with Gasteiger partial charge in [-0.05, 0) is 23.3 Å². The fourth-order valence-electron chi connectivity index (χ4n) is 3.33. The van der Waals surface area contributed by atoms with Crippen LogP contribution in [0.25, 0.3) is 0 Å². The summed E-state index contributed by atoms with van der Waals surface area (Å²) in [6, 6.07) is 3.89. The molecule has 2 aliphatic heterocycles. The number of fused-ring (bicyclic) bond motifs is 1. The smallest absolute Gasteiger partial charge is 0.295 e. The van der Waals surface area contributed by atoms with Crippen LogP contribution in [0.3, 0.4) is 0 Å². The second-order valence-electron chi connectivity index (χ2n) is 6.13. The van der Waals surface area contributed by atoms with Crippen LogP contribution in [0.15, 0.2) is 18.2 Å². The number of hydrogen-bond donors (Lipinski definition) is 1. The molecule has 136 valence electrons. The molecule has 7 nitrogen and oxygen atoms in total. The maximum absolute atomic E-state index is 13.0. The number of halogens is 1. The standard InChI is InChI=1S/C17H15IN2O5S/c18-8-2-5-12(26-25)9-3-1-4-10-14(9)17(24)20(16(10)23)11-6-7-13(21)19-15(11)22/h1,3-4,11-12H,2,5-8H2/p+1. The van der Waals surface area contributed by atoms with E-state index in [1.807, 2.05) is 0 Å². The van der Waals surface area contributed by atoms with Gasteiger partial charge >= 0.3 is 11.7 Å². The molecular weight excluding hydrogens is 471 g/mol. The Kier molecular flexibility index (Phi) is 5.76. The maximum atomic E-state index is 13.0. The number of rotatable bonds is 6. The zero-order valence-corrected chi connectivity index (χ0v) is 16.7. The topological polar surface area (TPSA) is 101 Å². The van der Waals surface area contributed by atoms with Gasteiger partial charge in [-0.25, -0.2) is 0 Å². The minimum Gasteiger partial charge on any atom is -0.295 e. The third kappa shape index (κ3) is 3.29. The van der Waals surface area contributed by atoms with E-state index in [-0.39, 0.29) is 24.0 Å². The summed E-state index contributed by atoms with van der Waals surface area (Å²) in [6.45, 7) is 0. The van der Waals surface area contributed by atoms with Crippen molar-refractivity contribution in [3.63, 3.8) is 0 Å². The lowest BCUT2D eigenvalue weighted by molar-refractivity contribution is -0.136. The van der Waals surface area contributed by atoms with Gasteiger partial charge in [0.05, 0.1) is 11.1 Å². The molecule has 0 bridgehead atoms. The Bertz CT molecular complexity index is 812. The number of hydrogen-bond acceptors (Lipinski definition) is 5. The van der Waals surface area contributed by atoms with Crippen LogP contribution in [0, 0.1) is 0 Å². The van der Waals surface area contributed by atoms with Crippen molar-refractivity contribution in [3.05, 3.63) is 34.9 Å². The van der Waals surface area contributed by atoms with Crippen LogP contribution in [-0.2, 0) is 25.5 Å². The average Bonchev–Trinajstić information content (AvgIpc) is 2.88. The third-order valence-electron chi connectivity index (χ3n) is 4.56. The fourth-order valence-corrected chi connectivity index (χ4v) is 4.33. The quantitative estimate of drug-likeness (QED) is 0.286. The Morgan fingerprint density at radius 1 is 1.23 bits per heavy atom. The lowest BCUT2D eigenvalue weighted by atomic mass is 9.98. The van der Waals surface area contributed by atoms with Crippen molar-refractivity contribution in [3.8, 4) is 0 Å². The number of nitrogens with zero attached hydrogens (tertiary/aromatic N) is 1. The first kappa shape index (κ1) is 19.0. The van der Waals surface area contributed by atoms with Crippen molar-refractivity contribution < 1.29 is 23.4 Å². The highest BCUT2D eigenvalue weighted by Gasteiger charge is 2.47. The number of nitrogens with one attached hydrogen (secondary N) is 1. The molecular formula is C17H16IN2O5S+. The lowest BCUT2D eigenvalue weighted by Crippen LogP contribution is -2.54. The first-order chi connectivity index (χ1) is 12.5. The van der Waals surface area contributed by atoms with Gasteiger partial charge in [-0.3, -0.25) is 29.4 Å². The zero-order valence-electron chi connectivity index (χ0n) is 13.7. The maximum Gasteiger partial charge on any atom is 0.467 e. The minimum absolute atomic E-state index is 0.0748. The number of alkyl halides is 1. The SMILES string of the molecule is O=[S+]C(CCCI)c1cccc2c1C(=O)N(C1CCC(=O)NC1=O)C2=O. The van der Waals surface area contributed by atoms with Gasteiger partial charge in [-0.15, -0.1) is 0 Å². The van der Waals surface area contributed by atoms with Gasteiger partial charge in [0.1, 0.15) is 6.04 Å². The van der Waals surface area contributed by atoms with Gasteiger partial charge in [0.2, 0.25) is 11.8 Å². The summed E-state index contributed by atoms with van der Waals surface area (Å²) in [5.74, 6) is -2.17. The summed E-state index contributed by atoms with van der Waals surface area (Å²) in [4.78, 5) is 50.1. The molecule has 2 unspecified atom stereocenters. The van der Waals surface area contributed by atoms with E-state index in [1.165, 1.54) is 6.07 Å². The van der Waals surface area contributed by atoms with E-state index in [0.29, 0.717) is 23.7 Å². The Hall–Kier alpha value is -1.75. The Morgan fingerprint density at radius 3 is 2.65 bits per heavy atom. The number of imide groups is 2. The molecule has 2 atom stereocenters. The van der Waals surface area contributed by atoms with E-state index >= 15 is 0 Å². The largest absolute Gasteiger partial charge is 0.467 e. The predicted molar refractivity (Wildman–Crippen MR) is 102 cm³/mol. The monoisotopic (exact) mass is 487 g/mol. The first-order valence-corrected chi connectivity index (χ1v) is 10.5. The molecule has 0 aromatic heterocycles. The van der Waals surface area contributed by atoms with E-state index < -0.39 is 34.9 Å².